The van der Waals surface area contributed by atoms with Crippen LogP contribution in [-0.2, 0) is 43.4 Å². The van der Waals surface area contributed by atoms with Gasteiger partial charge >= 0.3 is 12.1 Å². The molecule has 4 unspecified atom stereocenters. The Balaban J connectivity index is 1.47. The van der Waals surface area contributed by atoms with E-state index < -0.39 is 35.5 Å². The highest BCUT2D eigenvalue weighted by Crippen LogP contribution is 2.26. The summed E-state index contributed by atoms with van der Waals surface area (Å²) in [6, 6.07) is 15.2. The number of carbonyl (C=O) groups excluding carboxylic acids is 4. The van der Waals surface area contributed by atoms with E-state index in [4.69, 9.17) is 9.47 Å². The molecule has 44 heavy (non-hydrogen) atoms. The highest BCUT2D eigenvalue weighted by Gasteiger charge is 2.35. The second-order valence-electron chi connectivity index (χ2n) is 12.5. The van der Waals surface area contributed by atoms with Crippen LogP contribution in [0.25, 0.3) is 0 Å². The van der Waals surface area contributed by atoms with E-state index in [2.05, 4.69) is 10.6 Å². The zero-order valence-electron chi connectivity index (χ0n) is 25.7. The summed E-state index contributed by atoms with van der Waals surface area (Å²) in [5.41, 5.74) is 2.48. The van der Waals surface area contributed by atoms with Gasteiger partial charge in [-0.05, 0) is 41.4 Å². The number of hydrogen-bond acceptors (Lipinski definition) is 7. The first kappa shape index (κ1) is 32.7. The first-order valence-electron chi connectivity index (χ1n) is 15.1. The third-order valence-corrected chi connectivity index (χ3v) is 8.18. The molecule has 0 saturated carbocycles. The number of fused-ring (bicyclic) bond motifs is 1. The third-order valence-electron chi connectivity index (χ3n) is 8.18. The summed E-state index contributed by atoms with van der Waals surface area (Å²) < 4.78 is 10.9. The van der Waals surface area contributed by atoms with Gasteiger partial charge in [-0.15, -0.1) is 0 Å². The van der Waals surface area contributed by atoms with Crippen molar-refractivity contribution < 1.29 is 33.8 Å². The molecule has 2 aromatic rings. The van der Waals surface area contributed by atoms with Gasteiger partial charge in [0.2, 0.25) is 11.8 Å². The van der Waals surface area contributed by atoms with E-state index in [0.29, 0.717) is 13.0 Å². The number of ether oxygens (including phenoxy) is 2. The Morgan fingerprint density at radius 3 is 2.41 bits per heavy atom. The van der Waals surface area contributed by atoms with Gasteiger partial charge in [0.05, 0.1) is 24.6 Å². The zero-order valence-corrected chi connectivity index (χ0v) is 25.7. The van der Waals surface area contributed by atoms with Crippen LogP contribution in [0.4, 0.5) is 4.79 Å². The predicted molar refractivity (Wildman–Crippen MR) is 164 cm³/mol. The Morgan fingerprint density at radius 1 is 1.02 bits per heavy atom. The summed E-state index contributed by atoms with van der Waals surface area (Å²) in [7, 11) is 0. The lowest BCUT2D eigenvalue weighted by molar-refractivity contribution is -0.148. The van der Waals surface area contributed by atoms with Crippen molar-refractivity contribution in [3.8, 4) is 0 Å². The first-order valence-corrected chi connectivity index (χ1v) is 15.1. The fourth-order valence-corrected chi connectivity index (χ4v) is 5.33. The van der Waals surface area contributed by atoms with Crippen molar-refractivity contribution in [3.05, 3.63) is 83.4 Å². The highest BCUT2D eigenvalue weighted by molar-refractivity contribution is 5.86. The van der Waals surface area contributed by atoms with Crippen LogP contribution in [0, 0.1) is 11.3 Å². The number of allylic oxidation sites excluding steroid dienone is 1. The third kappa shape index (κ3) is 8.92. The molecule has 3 amide bonds. The van der Waals surface area contributed by atoms with Crippen LogP contribution in [0.3, 0.4) is 0 Å². The van der Waals surface area contributed by atoms with Crippen molar-refractivity contribution in [3.63, 3.8) is 0 Å². The SMILES string of the molecule is CC(C)(C)C1COC(=O)C(NC(=O)OCc2ccccc2)CC=CCC(CC(=O)N2Cc3ccccc3CC2CO)C(=O)N1. The maximum Gasteiger partial charge on any atom is 0.408 e. The molecule has 0 aromatic heterocycles. The number of amides is 3. The quantitative estimate of drug-likeness (QED) is 0.338. The number of alkyl carbamates (subject to hydrolysis) is 1. The summed E-state index contributed by atoms with van der Waals surface area (Å²) in [4.78, 5) is 54.4. The van der Waals surface area contributed by atoms with Gasteiger partial charge in [0, 0.05) is 13.0 Å². The standard InChI is InChI=1S/C34H43N3O7/c1-34(2,3)29-22-43-32(41)28(35-33(42)44-21-23-11-5-4-6-12-23)16-10-9-14-25(31(40)36-29)18-30(39)37-19-26-15-8-7-13-24(26)17-27(37)20-38/h4-13,15,25,27-29,38H,14,16-22H2,1-3H3,(H,35,42)(H,36,40). The fourth-order valence-electron chi connectivity index (χ4n) is 5.33. The molecule has 2 aliphatic rings. The molecule has 4 rings (SSSR count). The highest BCUT2D eigenvalue weighted by atomic mass is 16.6. The second kappa shape index (κ2) is 15.0. The smallest absolute Gasteiger partial charge is 0.408 e. The summed E-state index contributed by atoms with van der Waals surface area (Å²) in [5.74, 6) is -1.84. The van der Waals surface area contributed by atoms with Crippen molar-refractivity contribution in [2.24, 2.45) is 11.3 Å². The lowest BCUT2D eigenvalue weighted by Gasteiger charge is -2.37. The molecule has 0 spiro atoms. The second-order valence-corrected chi connectivity index (χ2v) is 12.5. The monoisotopic (exact) mass is 605 g/mol. The molecule has 2 aromatic carbocycles. The number of aliphatic hydroxyl groups is 1. The van der Waals surface area contributed by atoms with Crippen molar-refractivity contribution >= 4 is 23.9 Å². The Morgan fingerprint density at radius 2 is 1.70 bits per heavy atom. The molecule has 0 radical (unpaired) electrons. The molecule has 236 valence electrons. The molecule has 10 nitrogen and oxygen atoms in total. The molecule has 10 heteroatoms. The number of hydrogen-bond donors (Lipinski definition) is 3. The van der Waals surface area contributed by atoms with E-state index >= 15 is 0 Å². The van der Waals surface area contributed by atoms with Crippen molar-refractivity contribution in [2.45, 2.75) is 77.7 Å². The lowest BCUT2D eigenvalue weighted by Crippen LogP contribution is -2.51. The van der Waals surface area contributed by atoms with Gasteiger partial charge in [-0.3, -0.25) is 9.59 Å². The van der Waals surface area contributed by atoms with E-state index in [9.17, 15) is 24.3 Å². The van der Waals surface area contributed by atoms with Crippen LogP contribution in [-0.4, -0.2) is 65.2 Å². The summed E-state index contributed by atoms with van der Waals surface area (Å²) in [6.45, 7) is 5.92. The van der Waals surface area contributed by atoms with E-state index in [1.54, 1.807) is 17.1 Å². The average Bonchev–Trinajstić information content (AvgIpc) is 3.01. The number of carbonyl (C=O) groups is 4. The Labute approximate surface area is 258 Å². The van der Waals surface area contributed by atoms with Crippen LogP contribution < -0.4 is 10.6 Å². The molecule has 0 bridgehead atoms. The number of nitrogens with one attached hydrogen (secondary N) is 2. The summed E-state index contributed by atoms with van der Waals surface area (Å²) >= 11 is 0. The Kier molecular flexibility index (Phi) is 11.2. The summed E-state index contributed by atoms with van der Waals surface area (Å²) in [5, 5.41) is 15.7. The number of nitrogens with zero attached hydrogens (tertiary/aromatic N) is 1. The average molecular weight is 606 g/mol. The van der Waals surface area contributed by atoms with Crippen LogP contribution in [0.2, 0.25) is 0 Å². The zero-order chi connectivity index (χ0) is 31.7. The molecule has 2 aliphatic heterocycles. The maximum absolute atomic E-state index is 13.6. The topological polar surface area (TPSA) is 134 Å². The molecule has 4 atom stereocenters. The molecule has 0 saturated heterocycles. The molecular formula is C34H43N3O7. The molecule has 0 aliphatic carbocycles. The predicted octanol–water partition coefficient (Wildman–Crippen LogP) is 3.66. The van der Waals surface area contributed by atoms with Gasteiger partial charge in [0.25, 0.3) is 0 Å². The first-order chi connectivity index (χ1) is 21.0. The van der Waals surface area contributed by atoms with Crippen molar-refractivity contribution in [1.29, 1.82) is 0 Å². The van der Waals surface area contributed by atoms with Crippen LogP contribution in [0.15, 0.2) is 66.7 Å². The molecule has 0 fully saturated rings. The Hall–Kier alpha value is -4.18. The number of benzene rings is 2. The minimum Gasteiger partial charge on any atom is -0.462 e. The fraction of sp³-hybridized carbons (Fsp3) is 0.471. The number of rotatable bonds is 6. The van der Waals surface area contributed by atoms with Crippen molar-refractivity contribution in [1.82, 2.24) is 15.5 Å². The number of cyclic esters (lactones) is 1. The maximum atomic E-state index is 13.6. The molecule has 3 N–H and O–H groups in total. The normalized spacial score (nSPS) is 22.9. The number of esters is 1. The van der Waals surface area contributed by atoms with Crippen LogP contribution in [0.5, 0.6) is 0 Å². The van der Waals surface area contributed by atoms with Gasteiger partial charge in [-0.2, -0.15) is 0 Å². The lowest BCUT2D eigenvalue weighted by atomic mass is 9.86. The van der Waals surface area contributed by atoms with Gasteiger partial charge in [-0.1, -0.05) is 87.5 Å². The minimum atomic E-state index is -0.996. The number of aliphatic hydroxyl groups excluding tert-OH is 1. The van der Waals surface area contributed by atoms with Gasteiger partial charge < -0.3 is 30.1 Å². The van der Waals surface area contributed by atoms with E-state index in [-0.39, 0.29) is 56.9 Å². The van der Waals surface area contributed by atoms with Crippen molar-refractivity contribution in [2.75, 3.05) is 13.2 Å². The van der Waals surface area contributed by atoms with Crippen LogP contribution in [0.1, 0.15) is 56.7 Å². The van der Waals surface area contributed by atoms with Gasteiger partial charge in [0.1, 0.15) is 19.3 Å². The van der Waals surface area contributed by atoms with E-state index in [1.165, 1.54) is 0 Å². The minimum absolute atomic E-state index is 0.0427. The van der Waals surface area contributed by atoms with Crippen LogP contribution >= 0.6 is 0 Å². The Bertz CT molecular complexity index is 1340. The summed E-state index contributed by atoms with van der Waals surface area (Å²) in [6.07, 6.45) is 3.58. The van der Waals surface area contributed by atoms with E-state index in [1.807, 2.05) is 75.4 Å². The van der Waals surface area contributed by atoms with Gasteiger partial charge in [0.15, 0.2) is 0 Å². The molecular weight excluding hydrogens is 562 g/mol. The van der Waals surface area contributed by atoms with Gasteiger partial charge in [-0.25, -0.2) is 9.59 Å². The largest absolute Gasteiger partial charge is 0.462 e. The molecule has 2 heterocycles. The van der Waals surface area contributed by atoms with E-state index in [0.717, 1.165) is 16.7 Å².